The van der Waals surface area contributed by atoms with Gasteiger partial charge in [0.2, 0.25) is 0 Å². The molecule has 2 heterocycles. The van der Waals surface area contributed by atoms with E-state index in [9.17, 15) is 0 Å². The van der Waals surface area contributed by atoms with Crippen molar-refractivity contribution >= 4 is 0 Å². The number of aromatic nitrogens is 2. The van der Waals surface area contributed by atoms with Crippen LogP contribution in [0.5, 0.6) is 0 Å². The second kappa shape index (κ2) is 4.02. The molecule has 0 bridgehead atoms. The maximum atomic E-state index is 8.91. The van der Waals surface area contributed by atoms with Crippen LogP contribution in [0.1, 0.15) is 17.0 Å². The molecule has 0 saturated carbocycles. The van der Waals surface area contributed by atoms with E-state index in [2.05, 4.69) is 21.9 Å². The Balaban J connectivity index is 2.33. The van der Waals surface area contributed by atoms with Crippen LogP contribution in [-0.4, -0.2) is 40.2 Å². The highest BCUT2D eigenvalue weighted by Gasteiger charge is 2.17. The van der Waals surface area contributed by atoms with Crippen molar-refractivity contribution in [3.63, 3.8) is 0 Å². The molecule has 4 nitrogen and oxygen atoms in total. The summed E-state index contributed by atoms with van der Waals surface area (Å²) >= 11 is 0. The highest BCUT2D eigenvalue weighted by Crippen LogP contribution is 2.18. The molecule has 76 valence electrons. The number of nitrogens with zero attached hydrogens (tertiary/aromatic N) is 3. The molecule has 0 spiro atoms. The minimum atomic E-state index is 0.160. The second-order valence-electron chi connectivity index (χ2n) is 3.71. The van der Waals surface area contributed by atoms with E-state index < -0.39 is 0 Å². The van der Waals surface area contributed by atoms with E-state index in [1.54, 1.807) is 6.33 Å². The van der Waals surface area contributed by atoms with Gasteiger partial charge in [-0.3, -0.25) is 0 Å². The van der Waals surface area contributed by atoms with Crippen LogP contribution in [0, 0.1) is 0 Å². The maximum absolute atomic E-state index is 8.91. The van der Waals surface area contributed by atoms with Gasteiger partial charge in [-0.2, -0.15) is 0 Å². The first-order chi connectivity index (χ1) is 6.81. The van der Waals surface area contributed by atoms with Crippen molar-refractivity contribution in [3.05, 3.63) is 23.3 Å². The molecule has 4 heteroatoms. The molecule has 0 saturated heterocycles. The van der Waals surface area contributed by atoms with E-state index in [0.717, 1.165) is 30.9 Å². The summed E-state index contributed by atoms with van der Waals surface area (Å²) < 4.78 is 0. The number of likely N-dealkylation sites (N-methyl/N-ethyl adjacent to an activating group) is 1. The van der Waals surface area contributed by atoms with Gasteiger partial charge >= 0.3 is 0 Å². The van der Waals surface area contributed by atoms with Crippen molar-refractivity contribution in [1.29, 1.82) is 0 Å². The van der Waals surface area contributed by atoms with E-state index >= 15 is 0 Å². The van der Waals surface area contributed by atoms with Crippen LogP contribution in [-0.2, 0) is 19.4 Å². The topological polar surface area (TPSA) is 49.2 Å². The third-order valence-corrected chi connectivity index (χ3v) is 2.63. The molecule has 1 aliphatic heterocycles. The average molecular weight is 193 g/mol. The predicted molar refractivity (Wildman–Crippen MR) is 52.9 cm³/mol. The van der Waals surface area contributed by atoms with Crippen molar-refractivity contribution in [2.45, 2.75) is 19.4 Å². The summed E-state index contributed by atoms with van der Waals surface area (Å²) in [4.78, 5) is 10.8. The Bertz CT molecular complexity index is 327. The lowest BCUT2D eigenvalue weighted by Crippen LogP contribution is -2.28. The zero-order chi connectivity index (χ0) is 9.97. The Morgan fingerprint density at radius 1 is 1.50 bits per heavy atom. The summed E-state index contributed by atoms with van der Waals surface area (Å²) in [5.41, 5.74) is 3.38. The monoisotopic (exact) mass is 193 g/mol. The molecule has 1 aliphatic rings. The fourth-order valence-corrected chi connectivity index (χ4v) is 1.86. The van der Waals surface area contributed by atoms with Gasteiger partial charge < -0.3 is 10.0 Å². The summed E-state index contributed by atoms with van der Waals surface area (Å²) in [5, 5.41) is 8.91. The van der Waals surface area contributed by atoms with Crippen LogP contribution < -0.4 is 0 Å². The summed E-state index contributed by atoms with van der Waals surface area (Å²) in [6.07, 6.45) is 3.24. The van der Waals surface area contributed by atoms with Gasteiger partial charge in [0.1, 0.15) is 6.33 Å². The number of hydrogen-bond donors (Lipinski definition) is 1. The third kappa shape index (κ3) is 1.76. The first-order valence-electron chi connectivity index (χ1n) is 4.92. The van der Waals surface area contributed by atoms with Gasteiger partial charge in [-0.05, 0) is 7.05 Å². The van der Waals surface area contributed by atoms with E-state index in [-0.39, 0.29) is 6.61 Å². The van der Waals surface area contributed by atoms with Gasteiger partial charge in [-0.25, -0.2) is 9.97 Å². The second-order valence-corrected chi connectivity index (χ2v) is 3.71. The van der Waals surface area contributed by atoms with Gasteiger partial charge in [0.25, 0.3) is 0 Å². The molecular formula is C10H15N3O. The Kier molecular flexibility index (Phi) is 2.74. The molecule has 14 heavy (non-hydrogen) atoms. The van der Waals surface area contributed by atoms with E-state index in [1.807, 2.05) is 0 Å². The summed E-state index contributed by atoms with van der Waals surface area (Å²) in [6, 6.07) is 0. The van der Waals surface area contributed by atoms with Crippen LogP contribution in [0.15, 0.2) is 6.33 Å². The van der Waals surface area contributed by atoms with Crippen LogP contribution >= 0.6 is 0 Å². The zero-order valence-corrected chi connectivity index (χ0v) is 8.40. The van der Waals surface area contributed by atoms with Crippen molar-refractivity contribution in [2.24, 2.45) is 0 Å². The molecule has 0 fully saturated rings. The Labute approximate surface area is 83.6 Å². The molecule has 0 amide bonds. The van der Waals surface area contributed by atoms with Gasteiger partial charge in [0.05, 0.1) is 5.69 Å². The smallest absolute Gasteiger partial charge is 0.115 e. The van der Waals surface area contributed by atoms with E-state index in [4.69, 9.17) is 5.11 Å². The quantitative estimate of drug-likeness (QED) is 0.718. The number of aliphatic hydroxyl groups is 1. The fraction of sp³-hybridized carbons (Fsp3) is 0.600. The molecule has 1 aromatic heterocycles. The van der Waals surface area contributed by atoms with Crippen LogP contribution in [0.25, 0.3) is 0 Å². The number of fused-ring (bicyclic) bond motifs is 1. The lowest BCUT2D eigenvalue weighted by Gasteiger charge is -2.25. The summed E-state index contributed by atoms with van der Waals surface area (Å²) in [6.45, 7) is 2.13. The summed E-state index contributed by atoms with van der Waals surface area (Å²) in [7, 11) is 2.10. The molecule has 0 radical (unpaired) electrons. The van der Waals surface area contributed by atoms with Crippen molar-refractivity contribution in [1.82, 2.24) is 14.9 Å². The maximum Gasteiger partial charge on any atom is 0.115 e. The molecular weight excluding hydrogens is 178 g/mol. The fourth-order valence-electron chi connectivity index (χ4n) is 1.86. The first kappa shape index (κ1) is 9.55. The summed E-state index contributed by atoms with van der Waals surface area (Å²) in [5.74, 6) is 0. The SMILES string of the molecule is CN1CCc2ncnc(CCO)c2C1. The van der Waals surface area contributed by atoms with Crippen LogP contribution in [0.3, 0.4) is 0 Å². The third-order valence-electron chi connectivity index (χ3n) is 2.63. The highest BCUT2D eigenvalue weighted by atomic mass is 16.3. The molecule has 2 rings (SSSR count). The molecule has 1 N–H and O–H groups in total. The molecule has 0 unspecified atom stereocenters. The van der Waals surface area contributed by atoms with Crippen LogP contribution in [0.4, 0.5) is 0 Å². The van der Waals surface area contributed by atoms with Gasteiger partial charge in [-0.1, -0.05) is 0 Å². The number of hydrogen-bond acceptors (Lipinski definition) is 4. The lowest BCUT2D eigenvalue weighted by atomic mass is 10.0. The Morgan fingerprint density at radius 3 is 3.14 bits per heavy atom. The standard InChI is InChI=1S/C10H15N3O/c1-13-4-2-9-8(6-13)10(3-5-14)12-7-11-9/h7,14H,2-6H2,1H3. The lowest BCUT2D eigenvalue weighted by molar-refractivity contribution is 0.289. The van der Waals surface area contributed by atoms with Crippen molar-refractivity contribution in [2.75, 3.05) is 20.2 Å². The van der Waals surface area contributed by atoms with Gasteiger partial charge in [0.15, 0.2) is 0 Å². The minimum absolute atomic E-state index is 0.160. The predicted octanol–water partition coefficient (Wildman–Crippen LogP) is -0.000700. The normalized spacial score (nSPS) is 16.7. The van der Waals surface area contributed by atoms with E-state index in [0.29, 0.717) is 6.42 Å². The molecule has 0 aliphatic carbocycles. The zero-order valence-electron chi connectivity index (χ0n) is 8.40. The number of aliphatic hydroxyl groups excluding tert-OH is 1. The highest BCUT2D eigenvalue weighted by molar-refractivity contribution is 5.27. The van der Waals surface area contributed by atoms with Crippen LogP contribution in [0.2, 0.25) is 0 Å². The number of rotatable bonds is 2. The van der Waals surface area contributed by atoms with Crippen molar-refractivity contribution in [3.8, 4) is 0 Å². The Morgan fingerprint density at radius 2 is 2.36 bits per heavy atom. The first-order valence-corrected chi connectivity index (χ1v) is 4.92. The average Bonchev–Trinajstić information content (AvgIpc) is 2.19. The molecule has 1 aromatic rings. The van der Waals surface area contributed by atoms with Gasteiger partial charge in [0, 0.05) is 43.8 Å². The largest absolute Gasteiger partial charge is 0.396 e. The molecule has 0 aromatic carbocycles. The van der Waals surface area contributed by atoms with Crippen molar-refractivity contribution < 1.29 is 5.11 Å². The van der Waals surface area contributed by atoms with E-state index in [1.165, 1.54) is 5.56 Å². The minimum Gasteiger partial charge on any atom is -0.396 e. The van der Waals surface area contributed by atoms with Gasteiger partial charge in [-0.15, -0.1) is 0 Å². The Hall–Kier alpha value is -1.00. The molecule has 0 atom stereocenters.